The third-order valence-electron chi connectivity index (χ3n) is 2.46. The molecule has 0 bridgehead atoms. The molecular weight excluding hydrogens is 226 g/mol. The van der Waals surface area contributed by atoms with Crippen LogP contribution in [0.5, 0.6) is 0 Å². The van der Waals surface area contributed by atoms with Gasteiger partial charge in [0.2, 0.25) is 0 Å². The summed E-state index contributed by atoms with van der Waals surface area (Å²) in [5.74, 6) is 0. The van der Waals surface area contributed by atoms with Crippen molar-refractivity contribution in [2.45, 2.75) is 25.5 Å². The fraction of sp³-hybridized carbons (Fsp3) is 0.800. The van der Waals surface area contributed by atoms with Gasteiger partial charge < -0.3 is 14.8 Å². The van der Waals surface area contributed by atoms with Crippen LogP contribution in [0.2, 0.25) is 0 Å². The van der Waals surface area contributed by atoms with Crippen LogP contribution < -0.4 is 5.32 Å². The van der Waals surface area contributed by atoms with Crippen LogP contribution in [-0.2, 0) is 16.0 Å². The summed E-state index contributed by atoms with van der Waals surface area (Å²) in [5, 5.41) is 9.14. The van der Waals surface area contributed by atoms with Crippen LogP contribution in [0.15, 0.2) is 5.38 Å². The molecular formula is C10H17N3O2S. The smallest absolute Gasteiger partial charge is 0.0893 e. The van der Waals surface area contributed by atoms with E-state index in [0.717, 1.165) is 45.0 Å². The molecule has 0 aliphatic carbocycles. The highest BCUT2D eigenvalue weighted by atomic mass is 32.1. The number of nitrogens with one attached hydrogen (secondary N) is 1. The Morgan fingerprint density at radius 2 is 2.62 bits per heavy atom. The molecule has 6 heteroatoms. The minimum absolute atomic E-state index is 0.322. The number of hydrogen-bond donors (Lipinski definition) is 1. The van der Waals surface area contributed by atoms with Gasteiger partial charge in [0.1, 0.15) is 0 Å². The lowest BCUT2D eigenvalue weighted by atomic mass is 10.2. The fourth-order valence-electron chi connectivity index (χ4n) is 1.61. The van der Waals surface area contributed by atoms with Gasteiger partial charge in [-0.05, 0) is 24.4 Å². The molecule has 1 aliphatic rings. The third-order valence-corrected chi connectivity index (χ3v) is 3.02. The van der Waals surface area contributed by atoms with Gasteiger partial charge in [-0.25, -0.2) is 0 Å². The van der Waals surface area contributed by atoms with Gasteiger partial charge in [0.25, 0.3) is 0 Å². The molecule has 1 unspecified atom stereocenters. The van der Waals surface area contributed by atoms with Crippen molar-refractivity contribution in [3.63, 3.8) is 0 Å². The summed E-state index contributed by atoms with van der Waals surface area (Å²) < 4.78 is 14.8. The van der Waals surface area contributed by atoms with E-state index in [-0.39, 0.29) is 0 Å². The summed E-state index contributed by atoms with van der Waals surface area (Å²) in [6.07, 6.45) is 2.63. The lowest BCUT2D eigenvalue weighted by Gasteiger charge is -2.10. The maximum atomic E-state index is 5.52. The standard InChI is InChI=1S/C10H17N3O2S/c1-2-10(15-4-1)7-14-5-3-11-6-9-8-16-13-12-9/h8,10-11H,1-7H2. The molecule has 0 amide bonds. The Labute approximate surface area is 99.3 Å². The summed E-state index contributed by atoms with van der Waals surface area (Å²) >= 11 is 1.38. The van der Waals surface area contributed by atoms with Crippen LogP contribution in [0.3, 0.4) is 0 Å². The third kappa shape index (κ3) is 4.13. The van der Waals surface area contributed by atoms with E-state index in [4.69, 9.17) is 9.47 Å². The predicted molar refractivity (Wildman–Crippen MR) is 61.4 cm³/mol. The predicted octanol–water partition coefficient (Wildman–Crippen LogP) is 0.823. The van der Waals surface area contributed by atoms with Gasteiger partial charge >= 0.3 is 0 Å². The van der Waals surface area contributed by atoms with Gasteiger partial charge in [0.05, 0.1) is 25.0 Å². The maximum Gasteiger partial charge on any atom is 0.0893 e. The molecule has 1 aliphatic heterocycles. The van der Waals surface area contributed by atoms with Gasteiger partial charge in [0.15, 0.2) is 0 Å². The van der Waals surface area contributed by atoms with E-state index in [1.165, 1.54) is 18.0 Å². The Balaban J connectivity index is 1.43. The normalized spacial score (nSPS) is 20.4. The average Bonchev–Trinajstić information content (AvgIpc) is 2.96. The van der Waals surface area contributed by atoms with E-state index >= 15 is 0 Å². The Morgan fingerprint density at radius 3 is 3.38 bits per heavy atom. The van der Waals surface area contributed by atoms with Crippen molar-refractivity contribution < 1.29 is 9.47 Å². The summed E-state index contributed by atoms with van der Waals surface area (Å²) in [5.41, 5.74) is 0.990. The van der Waals surface area contributed by atoms with Gasteiger partial charge in [-0.1, -0.05) is 4.49 Å². The second-order valence-electron chi connectivity index (χ2n) is 3.78. The number of ether oxygens (including phenoxy) is 2. The van der Waals surface area contributed by atoms with E-state index in [1.807, 2.05) is 5.38 Å². The molecule has 1 saturated heterocycles. The van der Waals surface area contributed by atoms with Gasteiger partial charge in [-0.2, -0.15) is 0 Å². The summed E-state index contributed by atoms with van der Waals surface area (Å²) in [6, 6.07) is 0. The van der Waals surface area contributed by atoms with Gasteiger partial charge in [-0.3, -0.25) is 0 Å². The Hall–Kier alpha value is -0.560. The quantitative estimate of drug-likeness (QED) is 0.719. The Bertz CT molecular complexity index is 276. The minimum Gasteiger partial charge on any atom is -0.377 e. The molecule has 0 saturated carbocycles. The number of aromatic nitrogens is 2. The molecule has 1 N–H and O–H groups in total. The van der Waals surface area contributed by atoms with Crippen molar-refractivity contribution in [2.24, 2.45) is 0 Å². The van der Waals surface area contributed by atoms with E-state index in [1.54, 1.807) is 0 Å². The Kier molecular flexibility index (Phi) is 5.14. The molecule has 0 radical (unpaired) electrons. The first-order valence-corrected chi connectivity index (χ1v) is 6.45. The zero-order valence-corrected chi connectivity index (χ0v) is 10.0. The second kappa shape index (κ2) is 6.90. The molecule has 90 valence electrons. The molecule has 0 spiro atoms. The van der Waals surface area contributed by atoms with Crippen LogP contribution in [0.4, 0.5) is 0 Å². The molecule has 16 heavy (non-hydrogen) atoms. The summed E-state index contributed by atoms with van der Waals surface area (Å²) in [7, 11) is 0. The first-order chi connectivity index (χ1) is 7.95. The van der Waals surface area contributed by atoms with Crippen molar-refractivity contribution in [1.29, 1.82) is 0 Å². The molecule has 2 heterocycles. The summed E-state index contributed by atoms with van der Waals surface area (Å²) in [6.45, 7) is 3.94. The van der Waals surface area contributed by atoms with E-state index < -0.39 is 0 Å². The second-order valence-corrected chi connectivity index (χ2v) is 4.39. The first-order valence-electron chi connectivity index (χ1n) is 5.61. The molecule has 1 aromatic heterocycles. The number of rotatable bonds is 7. The largest absolute Gasteiger partial charge is 0.377 e. The van der Waals surface area contributed by atoms with Crippen LogP contribution in [0, 0.1) is 0 Å². The van der Waals surface area contributed by atoms with Crippen molar-refractivity contribution in [2.75, 3.05) is 26.4 Å². The molecule has 1 fully saturated rings. The van der Waals surface area contributed by atoms with Crippen molar-refractivity contribution in [3.05, 3.63) is 11.1 Å². The SMILES string of the molecule is c1snnc1CNCCOCC1CCCO1. The first kappa shape index (κ1) is 11.9. The van der Waals surface area contributed by atoms with Gasteiger partial charge in [0, 0.05) is 25.1 Å². The average molecular weight is 243 g/mol. The minimum atomic E-state index is 0.322. The molecule has 1 aromatic rings. The Morgan fingerprint density at radius 1 is 1.62 bits per heavy atom. The van der Waals surface area contributed by atoms with Crippen LogP contribution in [0.25, 0.3) is 0 Å². The highest BCUT2D eigenvalue weighted by molar-refractivity contribution is 7.03. The fourth-order valence-corrected chi connectivity index (χ4v) is 2.06. The van der Waals surface area contributed by atoms with Crippen molar-refractivity contribution in [3.8, 4) is 0 Å². The van der Waals surface area contributed by atoms with Gasteiger partial charge in [-0.15, -0.1) is 5.10 Å². The van der Waals surface area contributed by atoms with E-state index in [9.17, 15) is 0 Å². The summed E-state index contributed by atoms with van der Waals surface area (Å²) in [4.78, 5) is 0. The maximum absolute atomic E-state index is 5.52. The van der Waals surface area contributed by atoms with Crippen LogP contribution in [-0.4, -0.2) is 42.1 Å². The molecule has 1 atom stereocenters. The lowest BCUT2D eigenvalue weighted by Crippen LogP contribution is -2.22. The lowest BCUT2D eigenvalue weighted by molar-refractivity contribution is 0.0182. The van der Waals surface area contributed by atoms with Crippen LogP contribution in [0.1, 0.15) is 18.5 Å². The highest BCUT2D eigenvalue weighted by Gasteiger charge is 2.14. The van der Waals surface area contributed by atoms with E-state index in [2.05, 4.69) is 14.9 Å². The highest BCUT2D eigenvalue weighted by Crippen LogP contribution is 2.11. The number of hydrogen-bond acceptors (Lipinski definition) is 6. The monoisotopic (exact) mass is 243 g/mol. The van der Waals surface area contributed by atoms with Crippen molar-refractivity contribution in [1.82, 2.24) is 14.9 Å². The van der Waals surface area contributed by atoms with E-state index in [0.29, 0.717) is 6.10 Å². The topological polar surface area (TPSA) is 56.3 Å². The zero-order chi connectivity index (χ0) is 11.1. The van der Waals surface area contributed by atoms with Crippen LogP contribution >= 0.6 is 11.5 Å². The number of nitrogens with zero attached hydrogens (tertiary/aromatic N) is 2. The molecule has 5 nitrogen and oxygen atoms in total. The molecule has 2 rings (SSSR count). The van der Waals surface area contributed by atoms with Crippen molar-refractivity contribution >= 4 is 11.5 Å². The zero-order valence-electron chi connectivity index (χ0n) is 9.22. The molecule has 0 aromatic carbocycles.